The Kier molecular flexibility index (Phi) is 7.78. The number of carbonyl (C=O) groups excluding carboxylic acids is 1. The molecule has 0 fully saturated rings. The fourth-order valence-electron chi connectivity index (χ4n) is 2.88. The first-order valence-corrected chi connectivity index (χ1v) is 12.2. The third-order valence-electron chi connectivity index (χ3n) is 4.55. The van der Waals surface area contributed by atoms with E-state index >= 15 is 0 Å². The van der Waals surface area contributed by atoms with Gasteiger partial charge in [-0.2, -0.15) is 4.31 Å². The summed E-state index contributed by atoms with van der Waals surface area (Å²) >= 11 is 15.6. The molecule has 3 aromatic rings. The highest BCUT2D eigenvalue weighted by atomic mass is 79.9. The summed E-state index contributed by atoms with van der Waals surface area (Å²) in [7, 11) is -3.97. The van der Waals surface area contributed by atoms with E-state index in [4.69, 9.17) is 23.2 Å². The van der Waals surface area contributed by atoms with Crippen molar-refractivity contribution >= 4 is 60.7 Å². The number of sulfonamides is 1. The summed E-state index contributed by atoms with van der Waals surface area (Å²) in [5.74, 6) is -0.488. The van der Waals surface area contributed by atoms with Gasteiger partial charge in [0.1, 0.15) is 0 Å². The third kappa shape index (κ3) is 6.08. The highest BCUT2D eigenvalue weighted by Crippen LogP contribution is 2.24. The molecule has 0 heterocycles. The summed E-state index contributed by atoms with van der Waals surface area (Å²) in [4.78, 5) is 12.9. The van der Waals surface area contributed by atoms with E-state index in [1.54, 1.807) is 54.6 Å². The molecule has 0 aliphatic heterocycles. The quantitative estimate of drug-likeness (QED) is 0.405. The number of amides is 1. The Morgan fingerprint density at radius 3 is 2.39 bits per heavy atom. The van der Waals surface area contributed by atoms with E-state index in [1.165, 1.54) is 12.1 Å². The largest absolute Gasteiger partial charge is 0.325 e. The van der Waals surface area contributed by atoms with Crippen LogP contribution < -0.4 is 5.32 Å². The minimum absolute atomic E-state index is 0.0555. The van der Waals surface area contributed by atoms with E-state index in [9.17, 15) is 13.2 Å². The Hall–Kier alpha value is -1.90. The van der Waals surface area contributed by atoms with Crippen LogP contribution in [0.1, 0.15) is 11.1 Å². The normalized spacial score (nSPS) is 11.5. The lowest BCUT2D eigenvalue weighted by Gasteiger charge is -2.23. The number of halogens is 3. The van der Waals surface area contributed by atoms with Crippen LogP contribution in [0, 0.1) is 6.92 Å². The van der Waals surface area contributed by atoms with Crippen LogP contribution in [0.25, 0.3) is 0 Å². The van der Waals surface area contributed by atoms with E-state index in [2.05, 4.69) is 21.2 Å². The molecule has 31 heavy (non-hydrogen) atoms. The molecule has 0 radical (unpaired) electrons. The molecule has 0 aliphatic rings. The van der Waals surface area contributed by atoms with Crippen molar-refractivity contribution in [2.45, 2.75) is 18.4 Å². The summed E-state index contributed by atoms with van der Waals surface area (Å²) in [6, 6.07) is 18.3. The van der Waals surface area contributed by atoms with Crippen LogP contribution in [0.5, 0.6) is 0 Å². The van der Waals surface area contributed by atoms with Crippen molar-refractivity contribution in [1.82, 2.24) is 4.31 Å². The number of hydrogen-bond donors (Lipinski definition) is 1. The van der Waals surface area contributed by atoms with Gasteiger partial charge in [-0.05, 0) is 60.5 Å². The molecule has 3 rings (SSSR count). The topological polar surface area (TPSA) is 66.5 Å². The third-order valence-corrected chi connectivity index (χ3v) is 7.49. The van der Waals surface area contributed by atoms with Crippen LogP contribution in [-0.2, 0) is 21.4 Å². The zero-order valence-corrected chi connectivity index (χ0v) is 20.4. The minimum Gasteiger partial charge on any atom is -0.325 e. The van der Waals surface area contributed by atoms with Crippen molar-refractivity contribution in [3.05, 3.63) is 92.4 Å². The van der Waals surface area contributed by atoms with Crippen LogP contribution in [0.15, 0.2) is 76.1 Å². The van der Waals surface area contributed by atoms with Gasteiger partial charge in [-0.1, -0.05) is 63.4 Å². The van der Waals surface area contributed by atoms with E-state index in [-0.39, 0.29) is 11.4 Å². The van der Waals surface area contributed by atoms with Gasteiger partial charge < -0.3 is 5.32 Å². The van der Waals surface area contributed by atoms with Crippen molar-refractivity contribution in [2.75, 3.05) is 11.9 Å². The molecule has 0 aliphatic carbocycles. The summed E-state index contributed by atoms with van der Waals surface area (Å²) in [5, 5.41) is 3.63. The fourth-order valence-corrected chi connectivity index (χ4v) is 4.88. The molecule has 0 saturated heterocycles. The second-order valence-electron chi connectivity index (χ2n) is 6.83. The molecule has 0 unspecified atom stereocenters. The number of rotatable bonds is 7. The number of benzene rings is 3. The molecule has 0 bridgehead atoms. The van der Waals surface area contributed by atoms with Gasteiger partial charge in [0.05, 0.1) is 11.4 Å². The maximum absolute atomic E-state index is 13.3. The van der Waals surface area contributed by atoms with Gasteiger partial charge in [-0.3, -0.25) is 4.79 Å². The molecular weight excluding hydrogens is 523 g/mol. The van der Waals surface area contributed by atoms with Gasteiger partial charge in [0.25, 0.3) is 0 Å². The molecule has 0 atom stereocenters. The van der Waals surface area contributed by atoms with Crippen LogP contribution in [-0.4, -0.2) is 25.2 Å². The van der Waals surface area contributed by atoms with Crippen molar-refractivity contribution in [3.63, 3.8) is 0 Å². The highest BCUT2D eigenvalue weighted by Gasteiger charge is 2.27. The number of anilines is 1. The second-order valence-corrected chi connectivity index (χ2v) is 10.5. The van der Waals surface area contributed by atoms with E-state index in [1.807, 2.05) is 6.92 Å². The van der Waals surface area contributed by atoms with Crippen LogP contribution >= 0.6 is 39.1 Å². The number of nitrogens with one attached hydrogen (secondary N) is 1. The summed E-state index contributed by atoms with van der Waals surface area (Å²) in [6.07, 6.45) is 0. The Morgan fingerprint density at radius 1 is 1.03 bits per heavy atom. The Morgan fingerprint density at radius 2 is 1.71 bits per heavy atom. The second kappa shape index (κ2) is 10.1. The highest BCUT2D eigenvalue weighted by molar-refractivity contribution is 9.10. The summed E-state index contributed by atoms with van der Waals surface area (Å²) in [6.45, 7) is 1.38. The van der Waals surface area contributed by atoms with Crippen molar-refractivity contribution in [2.24, 2.45) is 0 Å². The van der Waals surface area contributed by atoms with Gasteiger partial charge in [0.15, 0.2) is 0 Å². The predicted molar refractivity (Wildman–Crippen MR) is 128 cm³/mol. The average molecular weight is 542 g/mol. The number of nitrogens with zero attached hydrogens (tertiary/aromatic N) is 1. The Balaban J connectivity index is 1.91. The van der Waals surface area contributed by atoms with Gasteiger partial charge in [-0.25, -0.2) is 8.42 Å². The lowest BCUT2D eigenvalue weighted by molar-refractivity contribution is -0.116. The molecule has 9 heteroatoms. The molecule has 1 amide bonds. The van der Waals surface area contributed by atoms with E-state index in [0.29, 0.717) is 21.3 Å². The first-order chi connectivity index (χ1) is 14.7. The maximum Gasteiger partial charge on any atom is 0.243 e. The van der Waals surface area contributed by atoms with Gasteiger partial charge in [-0.15, -0.1) is 0 Å². The van der Waals surface area contributed by atoms with Crippen molar-refractivity contribution < 1.29 is 13.2 Å². The average Bonchev–Trinajstić information content (AvgIpc) is 2.72. The predicted octanol–water partition coefficient (Wildman–Crippen LogP) is 5.89. The molecular formula is C22H19BrCl2N2O3S. The number of carbonyl (C=O) groups is 1. The van der Waals surface area contributed by atoms with E-state index < -0.39 is 22.5 Å². The Labute approximate surface area is 200 Å². The molecule has 1 N–H and O–H groups in total. The maximum atomic E-state index is 13.3. The molecule has 5 nitrogen and oxygen atoms in total. The lowest BCUT2D eigenvalue weighted by atomic mass is 10.2. The Bertz CT molecular complexity index is 1200. The van der Waals surface area contributed by atoms with Crippen molar-refractivity contribution in [1.29, 1.82) is 0 Å². The van der Waals surface area contributed by atoms with Crippen LogP contribution in [0.2, 0.25) is 10.0 Å². The smallest absolute Gasteiger partial charge is 0.243 e. The summed E-state index contributed by atoms with van der Waals surface area (Å²) in [5.41, 5.74) is 1.93. The lowest BCUT2D eigenvalue weighted by Crippen LogP contribution is -2.37. The van der Waals surface area contributed by atoms with Gasteiger partial charge in [0, 0.05) is 26.8 Å². The van der Waals surface area contributed by atoms with Crippen molar-refractivity contribution in [3.8, 4) is 0 Å². The molecule has 3 aromatic carbocycles. The number of hydrogen-bond acceptors (Lipinski definition) is 3. The van der Waals surface area contributed by atoms with Gasteiger partial charge >= 0.3 is 0 Å². The first-order valence-electron chi connectivity index (χ1n) is 9.22. The number of aryl methyl sites for hydroxylation is 1. The standard InChI is InChI=1S/C22H19BrCl2N2O3S/c1-15-6-9-18(24)12-21(15)26-22(28)14-27(13-16-4-2-3-5-20(16)25)31(29,30)19-10-7-17(23)8-11-19/h2-12H,13-14H2,1H3,(H,26,28). The SMILES string of the molecule is Cc1ccc(Cl)cc1NC(=O)CN(Cc1ccccc1Cl)S(=O)(=O)c1ccc(Br)cc1. The molecule has 0 saturated carbocycles. The fraction of sp³-hybridized carbons (Fsp3) is 0.136. The molecule has 0 aromatic heterocycles. The van der Waals surface area contributed by atoms with Gasteiger partial charge in [0.2, 0.25) is 15.9 Å². The van der Waals surface area contributed by atoms with E-state index in [0.717, 1.165) is 14.3 Å². The zero-order valence-electron chi connectivity index (χ0n) is 16.5. The minimum atomic E-state index is -3.97. The first kappa shape index (κ1) is 23.8. The molecule has 0 spiro atoms. The summed E-state index contributed by atoms with van der Waals surface area (Å²) < 4.78 is 28.5. The van der Waals surface area contributed by atoms with Crippen LogP contribution in [0.4, 0.5) is 5.69 Å². The molecule has 162 valence electrons. The monoisotopic (exact) mass is 540 g/mol. The zero-order chi connectivity index (χ0) is 22.6. The van der Waals surface area contributed by atoms with Crippen LogP contribution in [0.3, 0.4) is 0 Å².